The fraction of sp³-hybridized carbons (Fsp3) is 0.278. The first-order valence-corrected chi connectivity index (χ1v) is 7.87. The molecule has 0 aromatic heterocycles. The van der Waals surface area contributed by atoms with Gasteiger partial charge >= 0.3 is 6.03 Å². The van der Waals surface area contributed by atoms with E-state index in [2.05, 4.69) is 5.32 Å². The normalized spacial score (nSPS) is 13.2. The minimum absolute atomic E-state index is 0.271. The molecule has 1 N–H and O–H groups in total. The standard InChI is InChI=1S/C18H17F3N2O3/c1-25-14-7-10-5-6-23(9-11(10)8-15(14)26-2)18(24)22-13-4-3-12(19)16(20)17(13)21/h3-4,7-8H,5-6,9H2,1-2H3,(H,22,24). The molecule has 2 aromatic rings. The monoisotopic (exact) mass is 366 g/mol. The van der Waals surface area contributed by atoms with Gasteiger partial charge in [0.1, 0.15) is 0 Å². The second kappa shape index (κ2) is 7.15. The van der Waals surface area contributed by atoms with E-state index in [0.717, 1.165) is 23.3 Å². The minimum atomic E-state index is -1.62. The summed E-state index contributed by atoms with van der Waals surface area (Å²) in [7, 11) is 3.06. The Labute approximate surface area is 148 Å². The number of fused-ring (bicyclic) bond motifs is 1. The van der Waals surface area contributed by atoms with Gasteiger partial charge in [-0.1, -0.05) is 0 Å². The van der Waals surface area contributed by atoms with Crippen LogP contribution >= 0.6 is 0 Å². The molecule has 3 rings (SSSR count). The second-order valence-electron chi connectivity index (χ2n) is 5.80. The van der Waals surface area contributed by atoms with Crippen molar-refractivity contribution in [2.45, 2.75) is 13.0 Å². The van der Waals surface area contributed by atoms with Crippen LogP contribution in [-0.4, -0.2) is 31.7 Å². The van der Waals surface area contributed by atoms with E-state index in [9.17, 15) is 18.0 Å². The highest BCUT2D eigenvalue weighted by molar-refractivity contribution is 5.89. The molecule has 0 unspecified atom stereocenters. The molecule has 0 bridgehead atoms. The molecule has 1 aliphatic rings. The lowest BCUT2D eigenvalue weighted by Crippen LogP contribution is -2.39. The molecule has 0 radical (unpaired) electrons. The second-order valence-corrected chi connectivity index (χ2v) is 5.80. The maximum Gasteiger partial charge on any atom is 0.322 e. The molecule has 2 amide bonds. The number of rotatable bonds is 3. The van der Waals surface area contributed by atoms with E-state index >= 15 is 0 Å². The highest BCUT2D eigenvalue weighted by Crippen LogP contribution is 2.33. The molecule has 1 aliphatic heterocycles. The van der Waals surface area contributed by atoms with Gasteiger partial charge in [-0.15, -0.1) is 0 Å². The molecule has 2 aromatic carbocycles. The SMILES string of the molecule is COc1cc2c(cc1OC)CN(C(=O)Nc1ccc(F)c(F)c1F)CC2. The number of carbonyl (C=O) groups is 1. The summed E-state index contributed by atoms with van der Waals surface area (Å²) in [6.07, 6.45) is 0.573. The zero-order valence-electron chi connectivity index (χ0n) is 14.2. The first-order valence-electron chi connectivity index (χ1n) is 7.87. The van der Waals surface area contributed by atoms with Crippen LogP contribution in [-0.2, 0) is 13.0 Å². The predicted octanol–water partition coefficient (Wildman–Crippen LogP) is 3.71. The Morgan fingerprint density at radius 1 is 1.04 bits per heavy atom. The molecule has 0 atom stereocenters. The lowest BCUT2D eigenvalue weighted by Gasteiger charge is -2.29. The average molecular weight is 366 g/mol. The van der Waals surface area contributed by atoms with Crippen molar-refractivity contribution in [1.82, 2.24) is 4.90 Å². The van der Waals surface area contributed by atoms with Crippen LogP contribution in [0.3, 0.4) is 0 Å². The van der Waals surface area contributed by atoms with Crippen LogP contribution in [0.15, 0.2) is 24.3 Å². The van der Waals surface area contributed by atoms with Crippen molar-refractivity contribution in [3.63, 3.8) is 0 Å². The number of urea groups is 1. The van der Waals surface area contributed by atoms with E-state index in [0.29, 0.717) is 24.5 Å². The molecule has 138 valence electrons. The Bertz CT molecular complexity index is 858. The van der Waals surface area contributed by atoms with Gasteiger partial charge in [0.2, 0.25) is 0 Å². The van der Waals surface area contributed by atoms with Gasteiger partial charge in [0.25, 0.3) is 0 Å². The largest absolute Gasteiger partial charge is 0.493 e. The number of nitrogens with zero attached hydrogens (tertiary/aromatic N) is 1. The Kier molecular flexibility index (Phi) is 4.92. The molecule has 0 saturated carbocycles. The third-order valence-electron chi connectivity index (χ3n) is 4.28. The van der Waals surface area contributed by atoms with Crippen LogP contribution in [0.4, 0.5) is 23.7 Å². The van der Waals surface area contributed by atoms with Gasteiger partial charge in [-0.25, -0.2) is 18.0 Å². The number of carbonyl (C=O) groups excluding carboxylic acids is 1. The number of ether oxygens (including phenoxy) is 2. The van der Waals surface area contributed by atoms with Crippen LogP contribution < -0.4 is 14.8 Å². The van der Waals surface area contributed by atoms with Gasteiger partial charge in [0.15, 0.2) is 29.0 Å². The summed E-state index contributed by atoms with van der Waals surface area (Å²) in [5.74, 6) is -3.22. The number of benzene rings is 2. The molecule has 26 heavy (non-hydrogen) atoms. The highest BCUT2D eigenvalue weighted by Gasteiger charge is 2.24. The Hall–Kier alpha value is -2.90. The Morgan fingerprint density at radius 2 is 1.69 bits per heavy atom. The summed E-state index contributed by atoms with van der Waals surface area (Å²) < 4.78 is 50.5. The number of halogens is 3. The van der Waals surface area contributed by atoms with E-state index in [4.69, 9.17) is 9.47 Å². The number of hydrogen-bond acceptors (Lipinski definition) is 3. The fourth-order valence-corrected chi connectivity index (χ4v) is 2.87. The van der Waals surface area contributed by atoms with Crippen molar-refractivity contribution in [2.24, 2.45) is 0 Å². The van der Waals surface area contributed by atoms with Gasteiger partial charge in [0.05, 0.1) is 19.9 Å². The smallest absolute Gasteiger partial charge is 0.322 e. The molecule has 8 heteroatoms. The van der Waals surface area contributed by atoms with Crippen molar-refractivity contribution in [3.05, 3.63) is 52.8 Å². The summed E-state index contributed by atoms with van der Waals surface area (Å²) >= 11 is 0. The first-order chi connectivity index (χ1) is 12.4. The molecule has 0 saturated heterocycles. The Balaban J connectivity index is 1.78. The highest BCUT2D eigenvalue weighted by atomic mass is 19.2. The lowest BCUT2D eigenvalue weighted by molar-refractivity contribution is 0.206. The summed E-state index contributed by atoms with van der Waals surface area (Å²) in [5, 5.41) is 2.28. The molecule has 5 nitrogen and oxygen atoms in total. The summed E-state index contributed by atoms with van der Waals surface area (Å²) in [6, 6.07) is 4.79. The molecular weight excluding hydrogens is 349 g/mol. The molecule has 1 heterocycles. The third kappa shape index (κ3) is 3.26. The van der Waals surface area contributed by atoms with Gasteiger partial charge in [-0.2, -0.15) is 0 Å². The van der Waals surface area contributed by atoms with Crippen molar-refractivity contribution >= 4 is 11.7 Å². The van der Waals surface area contributed by atoms with Crippen LogP contribution in [0.2, 0.25) is 0 Å². The topological polar surface area (TPSA) is 50.8 Å². The van der Waals surface area contributed by atoms with E-state index in [1.54, 1.807) is 13.2 Å². The van der Waals surface area contributed by atoms with E-state index in [-0.39, 0.29) is 6.54 Å². The van der Waals surface area contributed by atoms with Crippen LogP contribution in [0.25, 0.3) is 0 Å². The number of amides is 2. The molecule has 0 spiro atoms. The molecular formula is C18H17F3N2O3. The van der Waals surface area contributed by atoms with Crippen molar-refractivity contribution in [3.8, 4) is 11.5 Å². The summed E-state index contributed by atoms with van der Waals surface area (Å²) in [6.45, 7) is 0.659. The minimum Gasteiger partial charge on any atom is -0.493 e. The van der Waals surface area contributed by atoms with Gasteiger partial charge in [0, 0.05) is 13.1 Å². The van der Waals surface area contributed by atoms with Crippen LogP contribution in [0.1, 0.15) is 11.1 Å². The van der Waals surface area contributed by atoms with Crippen molar-refractivity contribution < 1.29 is 27.4 Å². The average Bonchev–Trinajstić information content (AvgIpc) is 2.66. The van der Waals surface area contributed by atoms with Gasteiger partial charge in [-0.3, -0.25) is 0 Å². The van der Waals surface area contributed by atoms with E-state index in [1.807, 2.05) is 6.07 Å². The molecule has 0 fully saturated rings. The maximum atomic E-state index is 13.7. The quantitative estimate of drug-likeness (QED) is 0.843. The Morgan fingerprint density at radius 3 is 2.35 bits per heavy atom. The predicted molar refractivity (Wildman–Crippen MR) is 89.0 cm³/mol. The van der Waals surface area contributed by atoms with Gasteiger partial charge < -0.3 is 19.7 Å². The number of nitrogens with one attached hydrogen (secondary N) is 1. The number of hydrogen-bond donors (Lipinski definition) is 1. The van der Waals surface area contributed by atoms with E-state index in [1.165, 1.54) is 12.0 Å². The van der Waals surface area contributed by atoms with Crippen molar-refractivity contribution in [1.29, 1.82) is 0 Å². The zero-order valence-corrected chi connectivity index (χ0v) is 14.2. The van der Waals surface area contributed by atoms with Gasteiger partial charge in [-0.05, 0) is 41.8 Å². The van der Waals surface area contributed by atoms with Crippen LogP contribution in [0, 0.1) is 17.5 Å². The molecule has 0 aliphatic carbocycles. The summed E-state index contributed by atoms with van der Waals surface area (Å²) in [4.78, 5) is 13.8. The lowest BCUT2D eigenvalue weighted by atomic mass is 9.99. The third-order valence-corrected chi connectivity index (χ3v) is 4.28. The summed E-state index contributed by atoms with van der Waals surface area (Å²) in [5.41, 5.74) is 1.48. The number of methoxy groups -OCH3 is 2. The van der Waals surface area contributed by atoms with Crippen molar-refractivity contribution in [2.75, 3.05) is 26.1 Å². The zero-order chi connectivity index (χ0) is 18.8. The number of anilines is 1. The fourth-order valence-electron chi connectivity index (χ4n) is 2.87. The first kappa shape index (κ1) is 17.9. The van der Waals surface area contributed by atoms with Crippen LogP contribution in [0.5, 0.6) is 11.5 Å². The maximum absolute atomic E-state index is 13.7. The van der Waals surface area contributed by atoms with E-state index < -0.39 is 29.2 Å².